The predicted octanol–water partition coefficient (Wildman–Crippen LogP) is 2.62. The third kappa shape index (κ3) is 3.31. The molecule has 0 aromatic heterocycles. The van der Waals surface area contributed by atoms with Crippen LogP contribution in [0.2, 0.25) is 0 Å². The number of methoxy groups -OCH3 is 1. The Labute approximate surface area is 113 Å². The summed E-state index contributed by atoms with van der Waals surface area (Å²) >= 11 is 0. The van der Waals surface area contributed by atoms with Crippen molar-refractivity contribution in [1.29, 1.82) is 0 Å². The van der Waals surface area contributed by atoms with Crippen molar-refractivity contribution < 1.29 is 9.84 Å². The Morgan fingerprint density at radius 3 is 2.68 bits per heavy atom. The summed E-state index contributed by atoms with van der Waals surface area (Å²) in [5.41, 5.74) is 8.52. The summed E-state index contributed by atoms with van der Waals surface area (Å²) in [6.07, 6.45) is 0. The van der Waals surface area contributed by atoms with Gasteiger partial charge in [0.05, 0.1) is 7.11 Å². The molecule has 2 aromatic rings. The van der Waals surface area contributed by atoms with E-state index in [0.717, 1.165) is 17.0 Å². The number of phenolic OH excluding ortho intramolecular Hbond substituents is 1. The van der Waals surface area contributed by atoms with E-state index in [0.29, 0.717) is 12.2 Å². The van der Waals surface area contributed by atoms with Crippen LogP contribution in [0, 0.1) is 0 Å². The van der Waals surface area contributed by atoms with Gasteiger partial charge in [-0.15, -0.1) is 0 Å². The number of nitrogens with two attached hydrogens (primary N) is 1. The van der Waals surface area contributed by atoms with Crippen LogP contribution in [-0.4, -0.2) is 19.3 Å². The summed E-state index contributed by atoms with van der Waals surface area (Å²) in [7, 11) is 3.59. The average molecular weight is 258 g/mol. The van der Waals surface area contributed by atoms with Gasteiger partial charge in [0.15, 0.2) is 0 Å². The number of hydrogen-bond acceptors (Lipinski definition) is 4. The first-order chi connectivity index (χ1) is 9.08. The molecule has 0 spiro atoms. The number of nitrogens with zero attached hydrogens (tertiary/aromatic N) is 1. The molecular weight excluding hydrogens is 240 g/mol. The summed E-state index contributed by atoms with van der Waals surface area (Å²) in [6, 6.07) is 12.8. The number of rotatable bonds is 4. The van der Waals surface area contributed by atoms with Crippen molar-refractivity contribution in [3.8, 4) is 11.5 Å². The maximum Gasteiger partial charge on any atom is 0.121 e. The van der Waals surface area contributed by atoms with Gasteiger partial charge in [-0.3, -0.25) is 0 Å². The third-order valence-electron chi connectivity index (χ3n) is 2.91. The van der Waals surface area contributed by atoms with Crippen LogP contribution in [0.4, 0.5) is 11.4 Å². The fourth-order valence-electron chi connectivity index (χ4n) is 1.99. The van der Waals surface area contributed by atoms with Crippen molar-refractivity contribution in [3.05, 3.63) is 48.0 Å². The quantitative estimate of drug-likeness (QED) is 0.828. The molecule has 19 heavy (non-hydrogen) atoms. The van der Waals surface area contributed by atoms with E-state index in [9.17, 15) is 5.11 Å². The van der Waals surface area contributed by atoms with E-state index in [-0.39, 0.29) is 5.75 Å². The second-order valence-corrected chi connectivity index (χ2v) is 4.49. The maximum absolute atomic E-state index is 9.49. The first kappa shape index (κ1) is 13.1. The lowest BCUT2D eigenvalue weighted by Crippen LogP contribution is -2.16. The number of benzene rings is 2. The van der Waals surface area contributed by atoms with E-state index in [4.69, 9.17) is 10.5 Å². The number of phenols is 1. The van der Waals surface area contributed by atoms with Gasteiger partial charge in [-0.1, -0.05) is 6.07 Å². The van der Waals surface area contributed by atoms with Crippen LogP contribution in [0.1, 0.15) is 5.56 Å². The molecule has 2 rings (SSSR count). The minimum absolute atomic E-state index is 0.259. The molecule has 0 amide bonds. The maximum atomic E-state index is 9.49. The molecule has 0 aliphatic carbocycles. The zero-order valence-corrected chi connectivity index (χ0v) is 11.1. The van der Waals surface area contributed by atoms with Gasteiger partial charge in [0.2, 0.25) is 0 Å². The third-order valence-corrected chi connectivity index (χ3v) is 2.91. The number of aromatic hydroxyl groups is 1. The highest BCUT2D eigenvalue weighted by molar-refractivity contribution is 5.52. The Kier molecular flexibility index (Phi) is 3.80. The Hall–Kier alpha value is -2.36. The largest absolute Gasteiger partial charge is 0.508 e. The van der Waals surface area contributed by atoms with Gasteiger partial charge in [0.1, 0.15) is 11.5 Å². The van der Waals surface area contributed by atoms with E-state index >= 15 is 0 Å². The summed E-state index contributed by atoms with van der Waals surface area (Å²) < 4.78 is 5.20. The highest BCUT2D eigenvalue weighted by Crippen LogP contribution is 2.23. The molecular formula is C15H18N2O2. The molecule has 0 unspecified atom stereocenters. The molecule has 4 nitrogen and oxygen atoms in total. The SMILES string of the molecule is COc1cc(N)cc(CN(C)c2cccc(O)c2)c1. The van der Waals surface area contributed by atoms with Crippen molar-refractivity contribution in [2.24, 2.45) is 0 Å². The van der Waals surface area contributed by atoms with Crippen molar-refractivity contribution in [2.75, 3.05) is 24.8 Å². The molecule has 0 heterocycles. The Morgan fingerprint density at radius 2 is 2.00 bits per heavy atom. The van der Waals surface area contributed by atoms with Crippen molar-refractivity contribution >= 4 is 11.4 Å². The summed E-state index contributed by atoms with van der Waals surface area (Å²) in [6.45, 7) is 0.685. The molecule has 0 saturated carbocycles. The fraction of sp³-hybridized carbons (Fsp3) is 0.200. The Morgan fingerprint density at radius 1 is 1.21 bits per heavy atom. The lowest BCUT2D eigenvalue weighted by molar-refractivity contribution is 0.414. The standard InChI is InChI=1S/C15H18N2O2/c1-17(13-4-3-5-14(18)9-13)10-11-6-12(16)8-15(7-11)19-2/h3-9,18H,10,16H2,1-2H3. The number of anilines is 2. The molecule has 100 valence electrons. The number of hydrogen-bond donors (Lipinski definition) is 2. The van der Waals surface area contributed by atoms with Gasteiger partial charge in [0, 0.05) is 37.1 Å². The second-order valence-electron chi connectivity index (χ2n) is 4.49. The van der Waals surface area contributed by atoms with Gasteiger partial charge < -0.3 is 20.5 Å². The molecule has 2 aromatic carbocycles. The van der Waals surface area contributed by atoms with Crippen LogP contribution in [-0.2, 0) is 6.54 Å². The monoisotopic (exact) mass is 258 g/mol. The lowest BCUT2D eigenvalue weighted by Gasteiger charge is -2.20. The minimum atomic E-state index is 0.259. The van der Waals surface area contributed by atoms with Crippen LogP contribution < -0.4 is 15.4 Å². The first-order valence-electron chi connectivity index (χ1n) is 6.02. The highest BCUT2D eigenvalue weighted by Gasteiger charge is 2.05. The van der Waals surface area contributed by atoms with Crippen LogP contribution in [0.3, 0.4) is 0 Å². The average Bonchev–Trinajstić information content (AvgIpc) is 2.38. The van der Waals surface area contributed by atoms with Gasteiger partial charge in [-0.25, -0.2) is 0 Å². The van der Waals surface area contributed by atoms with E-state index in [2.05, 4.69) is 0 Å². The normalized spacial score (nSPS) is 10.2. The Bertz CT molecular complexity index is 570. The van der Waals surface area contributed by atoms with Crippen molar-refractivity contribution in [2.45, 2.75) is 6.54 Å². The van der Waals surface area contributed by atoms with Crippen molar-refractivity contribution in [1.82, 2.24) is 0 Å². The van der Waals surface area contributed by atoms with Gasteiger partial charge in [-0.2, -0.15) is 0 Å². The fourth-order valence-corrected chi connectivity index (χ4v) is 1.99. The molecule has 0 aliphatic rings. The van der Waals surface area contributed by atoms with Gasteiger partial charge >= 0.3 is 0 Å². The van der Waals surface area contributed by atoms with E-state index in [1.54, 1.807) is 25.3 Å². The predicted molar refractivity (Wildman–Crippen MR) is 77.6 cm³/mol. The van der Waals surface area contributed by atoms with Crippen molar-refractivity contribution in [3.63, 3.8) is 0 Å². The summed E-state index contributed by atoms with van der Waals surface area (Å²) in [5, 5.41) is 9.49. The lowest BCUT2D eigenvalue weighted by atomic mass is 10.1. The van der Waals surface area contributed by atoms with E-state index in [1.165, 1.54) is 0 Å². The molecule has 0 radical (unpaired) electrons. The van der Waals surface area contributed by atoms with Crippen LogP contribution >= 0.6 is 0 Å². The molecule has 0 bridgehead atoms. The summed E-state index contributed by atoms with van der Waals surface area (Å²) in [4.78, 5) is 2.04. The van der Waals surface area contributed by atoms with E-state index < -0.39 is 0 Å². The molecule has 0 fully saturated rings. The van der Waals surface area contributed by atoms with Gasteiger partial charge in [0.25, 0.3) is 0 Å². The topological polar surface area (TPSA) is 58.7 Å². The molecule has 0 aliphatic heterocycles. The first-order valence-corrected chi connectivity index (χ1v) is 6.02. The smallest absolute Gasteiger partial charge is 0.121 e. The van der Waals surface area contributed by atoms with E-state index in [1.807, 2.05) is 36.2 Å². The number of ether oxygens (including phenoxy) is 1. The zero-order chi connectivity index (χ0) is 13.8. The number of nitrogen functional groups attached to an aromatic ring is 1. The molecule has 0 saturated heterocycles. The van der Waals surface area contributed by atoms with Crippen LogP contribution in [0.25, 0.3) is 0 Å². The van der Waals surface area contributed by atoms with Gasteiger partial charge in [-0.05, 0) is 29.8 Å². The molecule has 4 heteroatoms. The highest BCUT2D eigenvalue weighted by atomic mass is 16.5. The molecule has 3 N–H and O–H groups in total. The minimum Gasteiger partial charge on any atom is -0.508 e. The van der Waals surface area contributed by atoms with Crippen LogP contribution in [0.15, 0.2) is 42.5 Å². The second kappa shape index (κ2) is 5.52. The molecule has 0 atom stereocenters. The van der Waals surface area contributed by atoms with Crippen LogP contribution in [0.5, 0.6) is 11.5 Å². The zero-order valence-electron chi connectivity index (χ0n) is 11.1. The summed E-state index contributed by atoms with van der Waals surface area (Å²) in [5.74, 6) is 1.01. The Balaban J connectivity index is 2.18.